The molecule has 77 heavy (non-hydrogen) atoms. The molecule has 6 heteroatoms. The Balaban J connectivity index is 4.02. The first kappa shape index (κ1) is 74.1. The van der Waals surface area contributed by atoms with Crippen molar-refractivity contribution in [2.75, 3.05) is 13.2 Å². The van der Waals surface area contributed by atoms with Crippen LogP contribution in [0, 0.1) is 0 Å². The van der Waals surface area contributed by atoms with Crippen LogP contribution in [0.2, 0.25) is 0 Å². The van der Waals surface area contributed by atoms with Crippen LogP contribution in [0.4, 0.5) is 0 Å². The van der Waals surface area contributed by atoms with Crippen LogP contribution in [0.3, 0.4) is 0 Å². The van der Waals surface area contributed by atoms with Gasteiger partial charge in [-0.25, -0.2) is 0 Å². The van der Waals surface area contributed by atoms with Crippen LogP contribution in [0.25, 0.3) is 0 Å². The zero-order chi connectivity index (χ0) is 55.7. The Hall–Kier alpha value is -2.89. The van der Waals surface area contributed by atoms with Crippen LogP contribution >= 0.6 is 0 Å². The highest BCUT2D eigenvalue weighted by atomic mass is 16.6. The van der Waals surface area contributed by atoms with E-state index >= 15 is 0 Å². The fourth-order valence-electron chi connectivity index (χ4n) is 9.99. The van der Waals surface area contributed by atoms with Gasteiger partial charge in [0.05, 0.1) is 0 Å². The molecular weight excluding hydrogens is 949 g/mol. The second-order valence-electron chi connectivity index (χ2n) is 22.7. The molecule has 1 atom stereocenters. The lowest BCUT2D eigenvalue weighted by Crippen LogP contribution is -2.30. The summed E-state index contributed by atoms with van der Waals surface area (Å²) < 4.78 is 16.8. The zero-order valence-corrected chi connectivity index (χ0v) is 51.5. The van der Waals surface area contributed by atoms with Gasteiger partial charge in [-0.3, -0.25) is 14.4 Å². The molecule has 0 spiro atoms. The van der Waals surface area contributed by atoms with Gasteiger partial charge in [-0.1, -0.05) is 326 Å². The lowest BCUT2D eigenvalue weighted by Gasteiger charge is -2.18. The number of allylic oxidation sites excluding steroid dienone is 10. The van der Waals surface area contributed by atoms with Crippen molar-refractivity contribution in [1.29, 1.82) is 0 Å². The monoisotopic (exact) mass is 1080 g/mol. The number of carbonyl (C=O) groups excluding carboxylic acids is 3. The number of carbonyl (C=O) groups is 3. The summed E-state index contributed by atoms with van der Waals surface area (Å²) in [5.74, 6) is -0.966. The Morgan fingerprint density at radius 3 is 0.844 bits per heavy atom. The summed E-state index contributed by atoms with van der Waals surface area (Å²) in [6.07, 6.45) is 84.4. The minimum Gasteiger partial charge on any atom is -0.462 e. The van der Waals surface area contributed by atoms with E-state index in [1.165, 1.54) is 244 Å². The van der Waals surface area contributed by atoms with Crippen molar-refractivity contribution in [2.45, 2.75) is 361 Å². The van der Waals surface area contributed by atoms with E-state index in [9.17, 15) is 14.4 Å². The highest BCUT2D eigenvalue weighted by Crippen LogP contribution is 2.18. The summed E-state index contributed by atoms with van der Waals surface area (Å²) in [5, 5.41) is 0. The van der Waals surface area contributed by atoms with Crippen molar-refractivity contribution in [1.82, 2.24) is 0 Å². The second kappa shape index (κ2) is 65.6. The van der Waals surface area contributed by atoms with E-state index in [0.717, 1.165) is 64.2 Å². The SMILES string of the molecule is CC/C=C\C/C=C\C/C=C\C/C=C\CCC(=O)OC(COC(=O)CCCCCCCCCCCCC)COC(=O)CCCCCCCCCCCCCCCCCCCCCCCCC/C=C\CCCCCCCCCC. The van der Waals surface area contributed by atoms with Crippen LogP contribution in [-0.2, 0) is 28.6 Å². The Labute approximate surface area is 479 Å². The number of unbranched alkanes of at least 4 members (excludes halogenated alkanes) is 41. The maximum atomic E-state index is 12.8. The predicted octanol–water partition coefficient (Wildman–Crippen LogP) is 23.1. The van der Waals surface area contributed by atoms with Gasteiger partial charge in [-0.05, 0) is 70.6 Å². The normalized spacial score (nSPS) is 12.4. The molecule has 0 rings (SSSR count). The lowest BCUT2D eigenvalue weighted by atomic mass is 10.0. The highest BCUT2D eigenvalue weighted by Gasteiger charge is 2.19. The van der Waals surface area contributed by atoms with Gasteiger partial charge in [0.1, 0.15) is 13.2 Å². The van der Waals surface area contributed by atoms with Crippen molar-refractivity contribution >= 4 is 17.9 Å². The minimum absolute atomic E-state index is 0.0984. The maximum absolute atomic E-state index is 12.8. The number of rotatable bonds is 62. The van der Waals surface area contributed by atoms with E-state index in [1.807, 2.05) is 6.08 Å². The topological polar surface area (TPSA) is 78.9 Å². The quantitative estimate of drug-likeness (QED) is 0.0261. The average Bonchev–Trinajstić information content (AvgIpc) is 3.43. The van der Waals surface area contributed by atoms with E-state index in [2.05, 4.69) is 75.5 Å². The van der Waals surface area contributed by atoms with Gasteiger partial charge in [0.2, 0.25) is 0 Å². The van der Waals surface area contributed by atoms with Crippen molar-refractivity contribution in [3.63, 3.8) is 0 Å². The smallest absolute Gasteiger partial charge is 0.306 e. The molecule has 0 aromatic heterocycles. The van der Waals surface area contributed by atoms with Gasteiger partial charge in [0.15, 0.2) is 6.10 Å². The summed E-state index contributed by atoms with van der Waals surface area (Å²) in [6.45, 7) is 6.49. The molecule has 0 N–H and O–H groups in total. The van der Waals surface area contributed by atoms with Gasteiger partial charge in [0, 0.05) is 19.3 Å². The molecule has 0 fully saturated rings. The second-order valence-corrected chi connectivity index (χ2v) is 22.7. The maximum Gasteiger partial charge on any atom is 0.306 e. The van der Waals surface area contributed by atoms with Crippen LogP contribution < -0.4 is 0 Å². The molecular formula is C71H128O6. The fraction of sp³-hybridized carbons (Fsp3) is 0.817. The first-order valence-corrected chi connectivity index (χ1v) is 33.8. The van der Waals surface area contributed by atoms with E-state index in [0.29, 0.717) is 19.3 Å². The molecule has 0 radical (unpaired) electrons. The number of esters is 3. The molecule has 0 saturated heterocycles. The summed E-state index contributed by atoms with van der Waals surface area (Å²) in [4.78, 5) is 38.1. The molecule has 0 aromatic carbocycles. The molecule has 0 amide bonds. The van der Waals surface area contributed by atoms with Crippen molar-refractivity contribution in [3.05, 3.63) is 60.8 Å². The average molecular weight is 1080 g/mol. The Bertz CT molecular complexity index is 1380. The van der Waals surface area contributed by atoms with Crippen molar-refractivity contribution in [2.24, 2.45) is 0 Å². The summed E-state index contributed by atoms with van der Waals surface area (Å²) in [7, 11) is 0. The van der Waals surface area contributed by atoms with Gasteiger partial charge in [-0.15, -0.1) is 0 Å². The molecule has 0 aliphatic rings. The van der Waals surface area contributed by atoms with Gasteiger partial charge in [-0.2, -0.15) is 0 Å². The number of hydrogen-bond acceptors (Lipinski definition) is 6. The molecule has 6 nitrogen and oxygen atoms in total. The third-order valence-electron chi connectivity index (χ3n) is 15.0. The molecule has 0 aromatic rings. The minimum atomic E-state index is -0.808. The summed E-state index contributed by atoms with van der Waals surface area (Å²) >= 11 is 0. The highest BCUT2D eigenvalue weighted by molar-refractivity contribution is 5.71. The van der Waals surface area contributed by atoms with Crippen molar-refractivity contribution < 1.29 is 28.6 Å². The Morgan fingerprint density at radius 2 is 0.532 bits per heavy atom. The lowest BCUT2D eigenvalue weighted by molar-refractivity contribution is -0.166. The molecule has 0 aliphatic heterocycles. The summed E-state index contributed by atoms with van der Waals surface area (Å²) in [5.41, 5.74) is 0. The van der Waals surface area contributed by atoms with E-state index in [1.54, 1.807) is 0 Å². The van der Waals surface area contributed by atoms with E-state index in [-0.39, 0.29) is 37.5 Å². The van der Waals surface area contributed by atoms with Gasteiger partial charge >= 0.3 is 17.9 Å². The Morgan fingerprint density at radius 1 is 0.273 bits per heavy atom. The van der Waals surface area contributed by atoms with Crippen molar-refractivity contribution in [3.8, 4) is 0 Å². The summed E-state index contributed by atoms with van der Waals surface area (Å²) in [6, 6.07) is 0. The first-order valence-electron chi connectivity index (χ1n) is 33.8. The molecule has 0 aliphatic carbocycles. The largest absolute Gasteiger partial charge is 0.462 e. The third kappa shape index (κ3) is 63.8. The third-order valence-corrected chi connectivity index (χ3v) is 15.0. The number of ether oxygens (including phenoxy) is 3. The molecule has 448 valence electrons. The first-order chi connectivity index (χ1) is 38.0. The molecule has 0 saturated carbocycles. The predicted molar refractivity (Wildman–Crippen MR) is 335 cm³/mol. The fourth-order valence-corrected chi connectivity index (χ4v) is 9.99. The van der Waals surface area contributed by atoms with E-state index in [4.69, 9.17) is 14.2 Å². The van der Waals surface area contributed by atoms with Gasteiger partial charge < -0.3 is 14.2 Å². The Kier molecular flexibility index (Phi) is 63.2. The van der Waals surface area contributed by atoms with Gasteiger partial charge in [0.25, 0.3) is 0 Å². The van der Waals surface area contributed by atoms with Crippen LogP contribution in [0.1, 0.15) is 355 Å². The van der Waals surface area contributed by atoms with E-state index < -0.39 is 6.10 Å². The van der Waals surface area contributed by atoms with Crippen LogP contribution in [0.15, 0.2) is 60.8 Å². The number of hydrogen-bond donors (Lipinski definition) is 0. The molecule has 1 unspecified atom stereocenters. The molecule has 0 heterocycles. The van der Waals surface area contributed by atoms with Crippen LogP contribution in [0.5, 0.6) is 0 Å². The van der Waals surface area contributed by atoms with Crippen LogP contribution in [-0.4, -0.2) is 37.2 Å². The molecule has 0 bridgehead atoms. The standard InChI is InChI=1S/C71H128O6/c1-4-7-10-13-16-19-22-24-25-26-27-28-29-30-31-32-33-34-35-36-37-38-39-40-41-42-43-44-45-47-49-52-55-58-61-64-70(73)76-67-68(66-75-69(72)63-60-57-54-51-48-21-18-15-12-9-6-3)77-71(74)65-62-59-56-53-50-46-23-20-17-14-11-8-5-2/h8,11,17,20,26-27,46,50,56,59,68H,4-7,9-10,12-16,18-19,21-25,28-45,47-49,51-55,57-58,60-67H2,1-3H3/b11-8-,20-17-,27-26-,50-46-,59-56-. The zero-order valence-electron chi connectivity index (χ0n) is 51.5.